The van der Waals surface area contributed by atoms with Gasteiger partial charge in [0.05, 0.1) is 30.7 Å². The molecule has 1 heterocycles. The zero-order valence-corrected chi connectivity index (χ0v) is 21.9. The van der Waals surface area contributed by atoms with Crippen LogP contribution >= 0.6 is 11.8 Å². The fraction of sp³-hybridized carbons (Fsp3) is 0.167. The number of carbonyl (C=O) groups excluding carboxylic acids is 1. The van der Waals surface area contributed by atoms with Gasteiger partial charge in [0.1, 0.15) is 11.1 Å². The number of aryl methyl sites for hydroxylation is 1. The minimum absolute atomic E-state index is 0.169. The summed E-state index contributed by atoms with van der Waals surface area (Å²) >= 11 is 1.26. The van der Waals surface area contributed by atoms with Crippen molar-refractivity contribution in [3.8, 4) is 40.0 Å². The van der Waals surface area contributed by atoms with Crippen LogP contribution in [0.2, 0.25) is 0 Å². The number of benzene rings is 3. The van der Waals surface area contributed by atoms with E-state index in [1.807, 2.05) is 92.7 Å². The molecule has 0 saturated heterocycles. The Kier molecular flexibility index (Phi) is 8.11. The van der Waals surface area contributed by atoms with Gasteiger partial charge in [0.15, 0.2) is 11.5 Å². The lowest BCUT2D eigenvalue weighted by molar-refractivity contribution is -0.115. The molecule has 0 bridgehead atoms. The predicted molar refractivity (Wildman–Crippen MR) is 148 cm³/mol. The number of anilines is 1. The van der Waals surface area contributed by atoms with Crippen molar-refractivity contribution >= 4 is 23.4 Å². The van der Waals surface area contributed by atoms with E-state index in [4.69, 9.17) is 14.5 Å². The molecular formula is C30H27N3O3S. The first-order valence-corrected chi connectivity index (χ1v) is 12.6. The Morgan fingerprint density at radius 2 is 1.65 bits per heavy atom. The molecule has 4 rings (SSSR count). The van der Waals surface area contributed by atoms with Crippen molar-refractivity contribution in [1.82, 2.24) is 4.98 Å². The van der Waals surface area contributed by atoms with E-state index in [-0.39, 0.29) is 5.91 Å². The highest BCUT2D eigenvalue weighted by molar-refractivity contribution is 8.00. The molecule has 0 saturated carbocycles. The van der Waals surface area contributed by atoms with E-state index < -0.39 is 5.25 Å². The van der Waals surface area contributed by atoms with Crippen LogP contribution in [-0.2, 0) is 4.79 Å². The maximum absolute atomic E-state index is 13.0. The fourth-order valence-corrected chi connectivity index (χ4v) is 4.73. The number of thioether (sulfide) groups is 1. The van der Waals surface area contributed by atoms with E-state index >= 15 is 0 Å². The van der Waals surface area contributed by atoms with Gasteiger partial charge in [-0.3, -0.25) is 4.79 Å². The Morgan fingerprint density at radius 1 is 0.946 bits per heavy atom. The van der Waals surface area contributed by atoms with E-state index in [9.17, 15) is 10.1 Å². The number of methoxy groups -OCH3 is 2. The molecule has 0 aliphatic carbocycles. The molecule has 37 heavy (non-hydrogen) atoms. The SMILES string of the molecule is COc1ccc(-c2cc(-c3ccccc3)nc(SC(C)C(=O)Nc3ccc(C)cc3)c2C#N)cc1OC. The lowest BCUT2D eigenvalue weighted by Crippen LogP contribution is -2.22. The van der Waals surface area contributed by atoms with Gasteiger partial charge in [0, 0.05) is 16.8 Å². The van der Waals surface area contributed by atoms with Gasteiger partial charge in [-0.25, -0.2) is 4.98 Å². The smallest absolute Gasteiger partial charge is 0.237 e. The van der Waals surface area contributed by atoms with E-state index in [0.717, 1.165) is 22.4 Å². The zero-order valence-electron chi connectivity index (χ0n) is 21.1. The number of amides is 1. The summed E-state index contributed by atoms with van der Waals surface area (Å²) in [5.41, 5.74) is 5.33. The largest absolute Gasteiger partial charge is 0.493 e. The average Bonchev–Trinajstić information content (AvgIpc) is 2.93. The number of hydrogen-bond acceptors (Lipinski definition) is 6. The van der Waals surface area contributed by atoms with Crippen molar-refractivity contribution in [3.63, 3.8) is 0 Å². The number of rotatable bonds is 8. The lowest BCUT2D eigenvalue weighted by Gasteiger charge is -2.17. The zero-order chi connectivity index (χ0) is 26.4. The first-order valence-electron chi connectivity index (χ1n) is 11.7. The summed E-state index contributed by atoms with van der Waals surface area (Å²) in [6.45, 7) is 3.80. The molecular weight excluding hydrogens is 482 g/mol. The van der Waals surface area contributed by atoms with Crippen LogP contribution in [0.15, 0.2) is 83.9 Å². The van der Waals surface area contributed by atoms with Crippen LogP contribution in [0.4, 0.5) is 5.69 Å². The molecule has 6 nitrogen and oxygen atoms in total. The number of nitriles is 1. The molecule has 1 atom stereocenters. The Labute approximate surface area is 221 Å². The summed E-state index contributed by atoms with van der Waals surface area (Å²) in [5, 5.41) is 13.1. The number of pyridine rings is 1. The molecule has 0 spiro atoms. The van der Waals surface area contributed by atoms with E-state index in [1.165, 1.54) is 11.8 Å². The van der Waals surface area contributed by atoms with Crippen molar-refractivity contribution < 1.29 is 14.3 Å². The van der Waals surface area contributed by atoms with Crippen molar-refractivity contribution in [2.75, 3.05) is 19.5 Å². The van der Waals surface area contributed by atoms with Gasteiger partial charge in [0.25, 0.3) is 0 Å². The van der Waals surface area contributed by atoms with Gasteiger partial charge in [-0.15, -0.1) is 0 Å². The van der Waals surface area contributed by atoms with Gasteiger partial charge in [0.2, 0.25) is 5.91 Å². The molecule has 0 radical (unpaired) electrons. The minimum atomic E-state index is -0.495. The molecule has 186 valence electrons. The first kappa shape index (κ1) is 25.8. The van der Waals surface area contributed by atoms with E-state index in [1.54, 1.807) is 14.2 Å². The maximum Gasteiger partial charge on any atom is 0.237 e. The number of ether oxygens (including phenoxy) is 2. The highest BCUT2D eigenvalue weighted by Gasteiger charge is 2.22. The van der Waals surface area contributed by atoms with Crippen LogP contribution in [0.3, 0.4) is 0 Å². The second-order valence-corrected chi connectivity index (χ2v) is 9.73. The Bertz CT molecular complexity index is 1450. The van der Waals surface area contributed by atoms with Crippen molar-refractivity contribution in [2.45, 2.75) is 24.1 Å². The Morgan fingerprint density at radius 3 is 2.30 bits per heavy atom. The van der Waals surface area contributed by atoms with Gasteiger partial charge in [-0.2, -0.15) is 5.26 Å². The molecule has 1 unspecified atom stereocenters. The molecule has 0 aliphatic rings. The Balaban J connectivity index is 1.76. The fourth-order valence-electron chi connectivity index (χ4n) is 3.80. The predicted octanol–water partition coefficient (Wildman–Crippen LogP) is 6.73. The molecule has 4 aromatic rings. The number of hydrogen-bond donors (Lipinski definition) is 1. The quantitative estimate of drug-likeness (QED) is 0.265. The van der Waals surface area contributed by atoms with Crippen molar-refractivity contribution in [1.29, 1.82) is 5.26 Å². The van der Waals surface area contributed by atoms with Crippen molar-refractivity contribution in [2.24, 2.45) is 0 Å². The highest BCUT2D eigenvalue weighted by atomic mass is 32.2. The second kappa shape index (κ2) is 11.6. The monoisotopic (exact) mass is 509 g/mol. The van der Waals surface area contributed by atoms with Crippen LogP contribution in [0.1, 0.15) is 18.1 Å². The molecule has 0 aliphatic heterocycles. The molecule has 0 fully saturated rings. The van der Waals surface area contributed by atoms with E-state index in [2.05, 4.69) is 11.4 Å². The second-order valence-electron chi connectivity index (χ2n) is 8.40. The van der Waals surface area contributed by atoms with Crippen LogP contribution in [0, 0.1) is 18.3 Å². The summed E-state index contributed by atoms with van der Waals surface area (Å²) in [4.78, 5) is 17.8. The minimum Gasteiger partial charge on any atom is -0.493 e. The number of nitrogens with one attached hydrogen (secondary N) is 1. The summed E-state index contributed by atoms with van der Waals surface area (Å²) < 4.78 is 10.9. The summed E-state index contributed by atoms with van der Waals surface area (Å²) in [6, 6.07) is 27.1. The maximum atomic E-state index is 13.0. The molecule has 7 heteroatoms. The van der Waals surface area contributed by atoms with E-state index in [0.29, 0.717) is 33.3 Å². The average molecular weight is 510 g/mol. The standard InChI is InChI=1S/C30H27N3O3S/c1-19-10-13-23(14-11-19)32-29(34)20(2)37-30-25(18-31)24(17-26(33-30)21-8-6-5-7-9-21)22-12-15-27(35-3)28(16-22)36-4/h5-17,20H,1-4H3,(H,32,34). The van der Waals surface area contributed by atoms with Gasteiger partial charge in [-0.1, -0.05) is 65.9 Å². The highest BCUT2D eigenvalue weighted by Crippen LogP contribution is 2.39. The number of nitrogens with zero attached hydrogens (tertiary/aromatic N) is 2. The molecule has 1 amide bonds. The topological polar surface area (TPSA) is 84.2 Å². The summed E-state index contributed by atoms with van der Waals surface area (Å²) in [5.74, 6) is 0.984. The van der Waals surface area contributed by atoms with Crippen LogP contribution in [0.25, 0.3) is 22.4 Å². The van der Waals surface area contributed by atoms with Crippen molar-refractivity contribution in [3.05, 3.63) is 90.0 Å². The normalized spacial score (nSPS) is 11.3. The third kappa shape index (κ3) is 5.93. The van der Waals surface area contributed by atoms with Gasteiger partial charge < -0.3 is 14.8 Å². The summed E-state index contributed by atoms with van der Waals surface area (Å²) in [6.07, 6.45) is 0. The molecule has 1 aromatic heterocycles. The Hall–Kier alpha value is -4.28. The van der Waals surface area contributed by atoms with Gasteiger partial charge in [-0.05, 0) is 49.7 Å². The third-order valence-corrected chi connectivity index (χ3v) is 6.93. The molecule has 3 aromatic carbocycles. The third-order valence-electron chi connectivity index (χ3n) is 5.84. The lowest BCUT2D eigenvalue weighted by atomic mass is 9.99. The summed E-state index contributed by atoms with van der Waals surface area (Å²) in [7, 11) is 3.15. The van der Waals surface area contributed by atoms with Gasteiger partial charge >= 0.3 is 0 Å². The first-order chi connectivity index (χ1) is 17.9. The van der Waals surface area contributed by atoms with Crippen LogP contribution in [0.5, 0.6) is 11.5 Å². The number of carbonyl (C=O) groups is 1. The number of aromatic nitrogens is 1. The van der Waals surface area contributed by atoms with Crippen LogP contribution in [-0.4, -0.2) is 30.4 Å². The molecule has 1 N–H and O–H groups in total. The van der Waals surface area contributed by atoms with Crippen LogP contribution < -0.4 is 14.8 Å².